The molecule has 0 aromatic carbocycles. The third-order valence-corrected chi connectivity index (χ3v) is 3.22. The molecular weight excluding hydrogens is 224 g/mol. The fourth-order valence-electron chi connectivity index (χ4n) is 2.17. The molecule has 0 radical (unpaired) electrons. The highest BCUT2D eigenvalue weighted by Crippen LogP contribution is 2.20. The van der Waals surface area contributed by atoms with Gasteiger partial charge in [-0.3, -0.25) is 9.67 Å². The average Bonchev–Trinajstić information content (AvgIpc) is 2.81. The minimum Gasteiger partial charge on any atom is -0.324 e. The molecule has 2 N–H and O–H groups in total. The predicted molar refractivity (Wildman–Crippen MR) is 72.1 cm³/mol. The minimum absolute atomic E-state index is 0.0724. The van der Waals surface area contributed by atoms with E-state index in [0.717, 1.165) is 19.3 Å². The summed E-state index contributed by atoms with van der Waals surface area (Å²) in [4.78, 5) is 4.15. The summed E-state index contributed by atoms with van der Waals surface area (Å²) in [6, 6.07) is 2.11. The highest BCUT2D eigenvalue weighted by atomic mass is 15.2. The lowest BCUT2D eigenvalue weighted by Crippen LogP contribution is -2.13. The monoisotopic (exact) mass is 244 g/mol. The van der Waals surface area contributed by atoms with Crippen LogP contribution in [0.25, 0.3) is 0 Å². The zero-order chi connectivity index (χ0) is 13.0. The Morgan fingerprint density at radius 1 is 1.39 bits per heavy atom. The molecule has 1 unspecified atom stereocenters. The Labute approximate surface area is 108 Å². The van der Waals surface area contributed by atoms with Crippen molar-refractivity contribution >= 4 is 0 Å². The van der Waals surface area contributed by atoms with E-state index in [9.17, 15) is 0 Å². The number of aryl methyl sites for hydroxylation is 3. The van der Waals surface area contributed by atoms with Crippen LogP contribution in [-0.2, 0) is 19.9 Å². The fraction of sp³-hybridized carbons (Fsp3) is 0.429. The van der Waals surface area contributed by atoms with Gasteiger partial charge in [0, 0.05) is 31.7 Å². The lowest BCUT2D eigenvalue weighted by molar-refractivity contribution is 0.643. The van der Waals surface area contributed by atoms with E-state index in [1.807, 2.05) is 42.6 Å². The molecule has 0 bridgehead atoms. The quantitative estimate of drug-likeness (QED) is 0.875. The van der Waals surface area contributed by atoms with Gasteiger partial charge in [-0.25, -0.2) is 0 Å². The van der Waals surface area contributed by atoms with Crippen LogP contribution in [0.1, 0.15) is 36.1 Å². The summed E-state index contributed by atoms with van der Waals surface area (Å²) in [5, 5.41) is 4.17. The zero-order valence-corrected chi connectivity index (χ0v) is 11.0. The van der Waals surface area contributed by atoms with E-state index in [0.29, 0.717) is 0 Å². The highest BCUT2D eigenvalue weighted by Gasteiger charge is 2.10. The van der Waals surface area contributed by atoms with Gasteiger partial charge >= 0.3 is 0 Å². The first kappa shape index (κ1) is 12.8. The van der Waals surface area contributed by atoms with Crippen molar-refractivity contribution in [1.29, 1.82) is 0 Å². The van der Waals surface area contributed by atoms with Crippen LogP contribution in [0.4, 0.5) is 0 Å². The minimum atomic E-state index is 0.0724. The lowest BCUT2D eigenvalue weighted by Gasteiger charge is -2.14. The van der Waals surface area contributed by atoms with Gasteiger partial charge in [0.2, 0.25) is 0 Å². The summed E-state index contributed by atoms with van der Waals surface area (Å²) in [5.74, 6) is 0. The van der Waals surface area contributed by atoms with Crippen LogP contribution in [0.15, 0.2) is 30.9 Å². The molecule has 0 saturated heterocycles. The Morgan fingerprint density at radius 3 is 2.89 bits per heavy atom. The van der Waals surface area contributed by atoms with Gasteiger partial charge in [-0.15, -0.1) is 0 Å². The summed E-state index contributed by atoms with van der Waals surface area (Å²) < 4.78 is 1.82. The maximum absolute atomic E-state index is 6.27. The molecule has 0 spiro atoms. The van der Waals surface area contributed by atoms with Crippen LogP contribution in [0.3, 0.4) is 0 Å². The lowest BCUT2D eigenvalue weighted by atomic mass is 9.97. The van der Waals surface area contributed by atoms with Gasteiger partial charge in [0.25, 0.3) is 0 Å². The first-order chi connectivity index (χ1) is 8.70. The molecule has 0 saturated carbocycles. The molecule has 2 aromatic heterocycles. The van der Waals surface area contributed by atoms with Crippen LogP contribution in [0.5, 0.6) is 0 Å². The van der Waals surface area contributed by atoms with Gasteiger partial charge < -0.3 is 5.73 Å². The highest BCUT2D eigenvalue weighted by molar-refractivity contribution is 5.26. The third-order valence-electron chi connectivity index (χ3n) is 3.22. The van der Waals surface area contributed by atoms with Gasteiger partial charge in [0.05, 0.1) is 6.20 Å². The molecule has 0 amide bonds. The van der Waals surface area contributed by atoms with Crippen molar-refractivity contribution in [3.05, 3.63) is 47.5 Å². The van der Waals surface area contributed by atoms with E-state index in [2.05, 4.69) is 17.0 Å². The van der Waals surface area contributed by atoms with E-state index >= 15 is 0 Å². The van der Waals surface area contributed by atoms with Gasteiger partial charge in [-0.1, -0.05) is 6.92 Å². The Kier molecular flexibility index (Phi) is 4.10. The van der Waals surface area contributed by atoms with Crippen molar-refractivity contribution in [2.24, 2.45) is 12.8 Å². The topological polar surface area (TPSA) is 56.7 Å². The number of hydrogen-bond acceptors (Lipinski definition) is 3. The van der Waals surface area contributed by atoms with Crippen molar-refractivity contribution in [1.82, 2.24) is 14.8 Å². The summed E-state index contributed by atoms with van der Waals surface area (Å²) in [5.41, 5.74) is 9.97. The Morgan fingerprint density at radius 2 is 2.22 bits per heavy atom. The van der Waals surface area contributed by atoms with E-state index < -0.39 is 0 Å². The number of nitrogens with two attached hydrogens (primary N) is 1. The van der Waals surface area contributed by atoms with Crippen molar-refractivity contribution in [2.75, 3.05) is 0 Å². The van der Waals surface area contributed by atoms with Gasteiger partial charge in [0.1, 0.15) is 0 Å². The number of rotatable bonds is 5. The van der Waals surface area contributed by atoms with Crippen molar-refractivity contribution in [2.45, 2.75) is 32.2 Å². The number of hydrogen-bond donors (Lipinski definition) is 1. The Bertz CT molecular complexity index is 504. The van der Waals surface area contributed by atoms with E-state index in [4.69, 9.17) is 5.73 Å². The maximum Gasteiger partial charge on any atom is 0.0521 e. The Hall–Kier alpha value is -1.68. The molecule has 2 heterocycles. The molecule has 4 heteroatoms. The molecule has 2 rings (SSSR count). The molecular formula is C14H20N4. The van der Waals surface area contributed by atoms with E-state index in [1.54, 1.807) is 0 Å². The molecule has 1 atom stereocenters. The molecule has 2 aromatic rings. The standard InChI is InChI=1S/C14H20N4/c1-3-12-9-16-7-6-13(12)14(15)5-4-11-8-17-18(2)10-11/h6-10,14H,3-5,15H2,1-2H3. The summed E-state index contributed by atoms with van der Waals surface area (Å²) in [6.45, 7) is 2.13. The van der Waals surface area contributed by atoms with Gasteiger partial charge in [-0.2, -0.15) is 5.10 Å². The fourth-order valence-corrected chi connectivity index (χ4v) is 2.17. The summed E-state index contributed by atoms with van der Waals surface area (Å²) in [6.07, 6.45) is 10.5. The van der Waals surface area contributed by atoms with Crippen LogP contribution in [-0.4, -0.2) is 14.8 Å². The van der Waals surface area contributed by atoms with Crippen LogP contribution in [0.2, 0.25) is 0 Å². The molecule has 4 nitrogen and oxygen atoms in total. The molecule has 0 fully saturated rings. The normalized spacial score (nSPS) is 12.6. The second-order valence-electron chi connectivity index (χ2n) is 4.60. The predicted octanol–water partition coefficient (Wildman–Crippen LogP) is 2.01. The third kappa shape index (κ3) is 2.96. The van der Waals surface area contributed by atoms with Crippen molar-refractivity contribution < 1.29 is 0 Å². The van der Waals surface area contributed by atoms with Gasteiger partial charge in [-0.05, 0) is 42.0 Å². The largest absolute Gasteiger partial charge is 0.324 e. The zero-order valence-electron chi connectivity index (χ0n) is 11.0. The van der Waals surface area contributed by atoms with Gasteiger partial charge in [0.15, 0.2) is 0 Å². The molecule has 0 aliphatic carbocycles. The summed E-state index contributed by atoms with van der Waals surface area (Å²) in [7, 11) is 1.93. The molecule has 96 valence electrons. The first-order valence-corrected chi connectivity index (χ1v) is 6.36. The molecule has 0 aliphatic rings. The van der Waals surface area contributed by atoms with Crippen LogP contribution >= 0.6 is 0 Å². The smallest absolute Gasteiger partial charge is 0.0521 e. The van der Waals surface area contributed by atoms with Crippen LogP contribution in [0, 0.1) is 0 Å². The van der Waals surface area contributed by atoms with E-state index in [1.165, 1.54) is 16.7 Å². The number of pyridine rings is 1. The van der Waals surface area contributed by atoms with E-state index in [-0.39, 0.29) is 6.04 Å². The average molecular weight is 244 g/mol. The second kappa shape index (κ2) is 5.78. The SMILES string of the molecule is CCc1cnccc1C(N)CCc1cnn(C)c1. The molecule has 0 aliphatic heterocycles. The Balaban J connectivity index is 2.01. The first-order valence-electron chi connectivity index (χ1n) is 6.36. The number of aromatic nitrogens is 3. The molecule has 18 heavy (non-hydrogen) atoms. The van der Waals surface area contributed by atoms with Crippen molar-refractivity contribution in [3.63, 3.8) is 0 Å². The second-order valence-corrected chi connectivity index (χ2v) is 4.60. The number of nitrogens with zero attached hydrogens (tertiary/aromatic N) is 3. The van der Waals surface area contributed by atoms with Crippen molar-refractivity contribution in [3.8, 4) is 0 Å². The maximum atomic E-state index is 6.27. The summed E-state index contributed by atoms with van der Waals surface area (Å²) >= 11 is 0. The van der Waals surface area contributed by atoms with Crippen LogP contribution < -0.4 is 5.73 Å².